The molecule has 3 heterocycles. The Morgan fingerprint density at radius 2 is 1.96 bits per heavy atom. The number of likely N-dealkylation sites (tertiary alicyclic amines) is 1. The smallest absolute Gasteiger partial charge is 0.219 e. The van der Waals surface area contributed by atoms with Crippen molar-refractivity contribution in [1.82, 2.24) is 4.57 Å². The quantitative estimate of drug-likeness (QED) is 0.831. The van der Waals surface area contributed by atoms with E-state index in [1.54, 1.807) is 7.11 Å². The Labute approximate surface area is 153 Å². The Morgan fingerprint density at radius 3 is 2.62 bits per heavy atom. The highest BCUT2D eigenvalue weighted by atomic mass is 16.7. The highest BCUT2D eigenvalue weighted by molar-refractivity contribution is 6.10. The van der Waals surface area contributed by atoms with Crippen molar-refractivity contribution in [2.45, 2.75) is 25.6 Å². The summed E-state index contributed by atoms with van der Waals surface area (Å²) in [5.41, 5.74) is 2.89. The molecule has 0 bridgehead atoms. The van der Waals surface area contributed by atoms with Crippen LogP contribution >= 0.6 is 0 Å². The van der Waals surface area contributed by atoms with E-state index < -0.39 is 0 Å². The minimum atomic E-state index is -0.380. The van der Waals surface area contributed by atoms with Gasteiger partial charge in [0, 0.05) is 23.6 Å². The lowest BCUT2D eigenvalue weighted by atomic mass is 10.0. The summed E-state index contributed by atoms with van der Waals surface area (Å²) in [4.78, 5) is 14.4. The number of fused-ring (bicyclic) bond motifs is 1. The van der Waals surface area contributed by atoms with E-state index in [-0.39, 0.29) is 11.6 Å². The fourth-order valence-electron chi connectivity index (χ4n) is 4.29. The molecule has 0 amide bonds. The van der Waals surface area contributed by atoms with Crippen LogP contribution in [-0.2, 0) is 16.5 Å². The number of quaternary nitrogens is 1. The summed E-state index contributed by atoms with van der Waals surface area (Å²) in [6.07, 6.45) is 1.72. The lowest BCUT2D eigenvalue weighted by Gasteiger charge is -2.34. The molecule has 0 saturated carbocycles. The number of piperidine rings is 1. The Balaban J connectivity index is 1.54. The minimum Gasteiger partial charge on any atom is -0.497 e. The number of hydrogen-bond acceptors (Lipinski definition) is 4. The molecule has 6 heteroatoms. The van der Waals surface area contributed by atoms with Crippen molar-refractivity contribution in [1.29, 1.82) is 0 Å². The topological polar surface area (TPSA) is 54.1 Å². The Morgan fingerprint density at radius 1 is 1.27 bits per heavy atom. The van der Waals surface area contributed by atoms with E-state index in [0.717, 1.165) is 53.8 Å². The Bertz CT molecular complexity index is 826. The SMILES string of the molecule is COc1ccc2c(c1)c(C(=O)C[NH+]1CCC3(CC1)OCCO3)c(C)n2C. The number of hydrogen-bond donors (Lipinski definition) is 1. The molecule has 1 N–H and O–H groups in total. The van der Waals surface area contributed by atoms with E-state index in [1.807, 2.05) is 32.2 Å². The van der Waals surface area contributed by atoms with Gasteiger partial charge in [0.25, 0.3) is 0 Å². The zero-order valence-corrected chi connectivity index (χ0v) is 15.8. The van der Waals surface area contributed by atoms with Crippen LogP contribution < -0.4 is 9.64 Å². The van der Waals surface area contributed by atoms with E-state index in [2.05, 4.69) is 4.57 Å². The predicted molar refractivity (Wildman–Crippen MR) is 98.0 cm³/mol. The summed E-state index contributed by atoms with van der Waals surface area (Å²) in [5.74, 6) is 0.593. The lowest BCUT2D eigenvalue weighted by Crippen LogP contribution is -3.14. The van der Waals surface area contributed by atoms with E-state index in [9.17, 15) is 4.79 Å². The van der Waals surface area contributed by atoms with Crippen molar-refractivity contribution in [2.75, 3.05) is 40.0 Å². The van der Waals surface area contributed by atoms with Crippen LogP contribution in [0.3, 0.4) is 0 Å². The number of nitrogens with zero attached hydrogens (tertiary/aromatic N) is 1. The standard InChI is InChI=1S/C20H26N2O4/c1-14-19(16-12-15(24-3)4-5-17(16)21(14)2)18(23)13-22-8-6-20(7-9-22)25-10-11-26-20/h4-5,12H,6-11,13H2,1-3H3/p+1. The third-order valence-corrected chi connectivity index (χ3v) is 5.92. The maximum absolute atomic E-state index is 13.1. The molecule has 1 spiro atoms. The van der Waals surface area contributed by atoms with Gasteiger partial charge in [-0.25, -0.2) is 0 Å². The van der Waals surface area contributed by atoms with Crippen LogP contribution in [0.2, 0.25) is 0 Å². The number of nitrogens with one attached hydrogen (secondary N) is 1. The molecule has 1 aromatic heterocycles. The number of ether oxygens (including phenoxy) is 3. The first-order chi connectivity index (χ1) is 12.5. The van der Waals surface area contributed by atoms with Crippen LogP contribution in [0.25, 0.3) is 10.9 Å². The molecular weight excluding hydrogens is 332 g/mol. The highest BCUT2D eigenvalue weighted by Gasteiger charge is 2.42. The van der Waals surface area contributed by atoms with E-state index >= 15 is 0 Å². The third-order valence-electron chi connectivity index (χ3n) is 5.92. The highest BCUT2D eigenvalue weighted by Crippen LogP contribution is 2.29. The maximum atomic E-state index is 13.1. The number of methoxy groups -OCH3 is 1. The van der Waals surface area contributed by atoms with Gasteiger partial charge in [-0.15, -0.1) is 0 Å². The largest absolute Gasteiger partial charge is 0.497 e. The summed E-state index contributed by atoms with van der Waals surface area (Å²) in [5, 5.41) is 0.977. The molecule has 26 heavy (non-hydrogen) atoms. The number of carbonyl (C=O) groups is 1. The van der Waals surface area contributed by atoms with Gasteiger partial charge < -0.3 is 23.7 Å². The molecule has 0 aliphatic carbocycles. The molecule has 6 nitrogen and oxygen atoms in total. The van der Waals surface area contributed by atoms with E-state index in [0.29, 0.717) is 19.8 Å². The van der Waals surface area contributed by atoms with E-state index in [4.69, 9.17) is 14.2 Å². The molecule has 0 unspecified atom stereocenters. The Kier molecular flexibility index (Phi) is 4.50. The second-order valence-electron chi connectivity index (χ2n) is 7.36. The van der Waals surface area contributed by atoms with Gasteiger partial charge in [-0.1, -0.05) is 0 Å². The number of aryl methyl sites for hydroxylation is 1. The molecular formula is C20H27N2O4+. The second-order valence-corrected chi connectivity index (χ2v) is 7.36. The minimum absolute atomic E-state index is 0.195. The third kappa shape index (κ3) is 2.92. The van der Waals surface area contributed by atoms with Gasteiger partial charge in [-0.3, -0.25) is 4.79 Å². The van der Waals surface area contributed by atoms with Gasteiger partial charge in [-0.05, 0) is 25.1 Å². The molecule has 140 valence electrons. The van der Waals surface area contributed by atoms with Crippen molar-refractivity contribution >= 4 is 16.7 Å². The van der Waals surface area contributed by atoms with Gasteiger partial charge in [-0.2, -0.15) is 0 Å². The zero-order valence-electron chi connectivity index (χ0n) is 15.8. The van der Waals surface area contributed by atoms with Crippen molar-refractivity contribution in [3.05, 3.63) is 29.5 Å². The summed E-state index contributed by atoms with van der Waals surface area (Å²) < 4.78 is 19.0. The van der Waals surface area contributed by atoms with E-state index in [1.165, 1.54) is 4.90 Å². The first-order valence-corrected chi connectivity index (χ1v) is 9.31. The van der Waals surface area contributed by atoms with Gasteiger partial charge >= 0.3 is 0 Å². The first-order valence-electron chi connectivity index (χ1n) is 9.31. The van der Waals surface area contributed by atoms with Crippen LogP contribution in [0.15, 0.2) is 18.2 Å². The molecule has 4 rings (SSSR count). The number of rotatable bonds is 4. The number of carbonyl (C=O) groups excluding carboxylic acids is 1. The number of benzene rings is 1. The molecule has 2 aliphatic rings. The molecule has 1 aromatic carbocycles. The van der Waals surface area contributed by atoms with Crippen molar-refractivity contribution < 1.29 is 23.9 Å². The van der Waals surface area contributed by atoms with Crippen LogP contribution in [0.4, 0.5) is 0 Å². The van der Waals surface area contributed by atoms with Crippen LogP contribution in [-0.4, -0.2) is 56.1 Å². The van der Waals surface area contributed by atoms with Crippen molar-refractivity contribution in [3.8, 4) is 5.75 Å². The number of Topliss-reactive ketones (excluding diaryl/α,β-unsaturated/α-hetero) is 1. The van der Waals surface area contributed by atoms with Gasteiger partial charge in [0.15, 0.2) is 5.79 Å². The fourth-order valence-corrected chi connectivity index (χ4v) is 4.29. The molecule has 2 aromatic rings. The molecule has 0 atom stereocenters. The molecule has 2 saturated heterocycles. The van der Waals surface area contributed by atoms with Crippen molar-refractivity contribution in [2.24, 2.45) is 7.05 Å². The second kappa shape index (κ2) is 6.68. The van der Waals surface area contributed by atoms with Gasteiger partial charge in [0.2, 0.25) is 5.78 Å². The molecule has 2 fully saturated rings. The summed E-state index contributed by atoms with van der Waals surface area (Å²) >= 11 is 0. The monoisotopic (exact) mass is 359 g/mol. The average molecular weight is 359 g/mol. The number of aromatic nitrogens is 1. The Hall–Kier alpha value is -1.89. The first kappa shape index (κ1) is 17.5. The van der Waals surface area contributed by atoms with Crippen LogP contribution in [0, 0.1) is 6.92 Å². The maximum Gasteiger partial charge on any atom is 0.219 e. The van der Waals surface area contributed by atoms with Crippen molar-refractivity contribution in [3.63, 3.8) is 0 Å². The van der Waals surface area contributed by atoms with Gasteiger partial charge in [0.1, 0.15) is 12.3 Å². The zero-order chi connectivity index (χ0) is 18.3. The average Bonchev–Trinajstić information content (AvgIpc) is 3.20. The normalized spacial score (nSPS) is 20.1. The van der Waals surface area contributed by atoms with Gasteiger partial charge in [0.05, 0.1) is 51.8 Å². The molecule has 2 aliphatic heterocycles. The number of ketones is 1. The predicted octanol–water partition coefficient (Wildman–Crippen LogP) is 1.10. The summed E-state index contributed by atoms with van der Waals surface area (Å²) in [6.45, 7) is 5.70. The summed E-state index contributed by atoms with van der Waals surface area (Å²) in [7, 11) is 3.66. The van der Waals surface area contributed by atoms with Crippen LogP contribution in [0.1, 0.15) is 28.9 Å². The lowest BCUT2D eigenvalue weighted by molar-refractivity contribution is -0.900. The summed E-state index contributed by atoms with van der Waals surface area (Å²) in [6, 6.07) is 5.92. The fraction of sp³-hybridized carbons (Fsp3) is 0.550. The molecule has 0 radical (unpaired) electrons. The van der Waals surface area contributed by atoms with Crippen LogP contribution in [0.5, 0.6) is 5.75 Å².